The highest BCUT2D eigenvalue weighted by Gasteiger charge is 2.12. The molecule has 108 valence electrons. The smallest absolute Gasteiger partial charge is 0.137 e. The molecule has 1 aromatic carbocycles. The molecule has 1 unspecified atom stereocenters. The van der Waals surface area contributed by atoms with Crippen LogP contribution in [0.2, 0.25) is 0 Å². The first-order chi connectivity index (χ1) is 10.3. The molecule has 0 aliphatic heterocycles. The minimum absolute atomic E-state index is 0.375. The Bertz CT molecular complexity index is 716. The summed E-state index contributed by atoms with van der Waals surface area (Å²) in [4.78, 5) is 4.61. The Morgan fingerprint density at radius 1 is 1.10 bits per heavy atom. The summed E-state index contributed by atoms with van der Waals surface area (Å²) in [7, 11) is 0. The van der Waals surface area contributed by atoms with Crippen LogP contribution in [0.25, 0.3) is 5.65 Å². The Labute approximate surface area is 125 Å². The minimum Gasteiger partial charge on any atom is -0.304 e. The molecule has 0 bridgehead atoms. The molecule has 0 aliphatic carbocycles. The van der Waals surface area contributed by atoms with Crippen LogP contribution in [0.1, 0.15) is 36.3 Å². The SMILES string of the molecule is CCC(NCc1c(C)nc2ccccn12)c1ccccc1. The summed E-state index contributed by atoms with van der Waals surface area (Å²) in [5, 5.41) is 3.66. The molecular formula is C18H21N3. The van der Waals surface area contributed by atoms with E-state index in [1.165, 1.54) is 11.3 Å². The van der Waals surface area contributed by atoms with E-state index in [1.807, 2.05) is 18.2 Å². The Morgan fingerprint density at radius 3 is 2.62 bits per heavy atom. The summed E-state index contributed by atoms with van der Waals surface area (Å²) in [5.41, 5.74) is 4.68. The largest absolute Gasteiger partial charge is 0.304 e. The number of rotatable bonds is 5. The summed E-state index contributed by atoms with van der Waals surface area (Å²) >= 11 is 0. The van der Waals surface area contributed by atoms with Crippen molar-refractivity contribution in [3.8, 4) is 0 Å². The van der Waals surface area contributed by atoms with Gasteiger partial charge in [-0.3, -0.25) is 0 Å². The van der Waals surface area contributed by atoms with Crippen LogP contribution < -0.4 is 5.32 Å². The van der Waals surface area contributed by atoms with Crippen LogP contribution >= 0.6 is 0 Å². The van der Waals surface area contributed by atoms with E-state index in [0.29, 0.717) is 6.04 Å². The van der Waals surface area contributed by atoms with Gasteiger partial charge in [0.15, 0.2) is 0 Å². The number of benzene rings is 1. The topological polar surface area (TPSA) is 29.3 Å². The molecule has 0 saturated carbocycles. The van der Waals surface area contributed by atoms with Crippen LogP contribution in [0.4, 0.5) is 0 Å². The Balaban J connectivity index is 1.81. The second kappa shape index (κ2) is 6.10. The molecule has 1 atom stereocenters. The van der Waals surface area contributed by atoms with Gasteiger partial charge in [0, 0.05) is 18.8 Å². The van der Waals surface area contributed by atoms with E-state index in [0.717, 1.165) is 24.3 Å². The highest BCUT2D eigenvalue weighted by Crippen LogP contribution is 2.18. The van der Waals surface area contributed by atoms with Crippen LogP contribution in [-0.4, -0.2) is 9.38 Å². The van der Waals surface area contributed by atoms with Crippen molar-refractivity contribution < 1.29 is 0 Å². The lowest BCUT2D eigenvalue weighted by Gasteiger charge is -2.17. The lowest BCUT2D eigenvalue weighted by molar-refractivity contribution is 0.512. The molecule has 3 rings (SSSR count). The second-order valence-corrected chi connectivity index (χ2v) is 5.33. The number of fused-ring (bicyclic) bond motifs is 1. The predicted molar refractivity (Wildman–Crippen MR) is 86.2 cm³/mol. The van der Waals surface area contributed by atoms with Gasteiger partial charge in [0.25, 0.3) is 0 Å². The quantitative estimate of drug-likeness (QED) is 0.768. The summed E-state index contributed by atoms with van der Waals surface area (Å²) in [5.74, 6) is 0. The molecule has 0 saturated heterocycles. The van der Waals surface area contributed by atoms with Crippen molar-refractivity contribution in [3.05, 3.63) is 71.7 Å². The lowest BCUT2D eigenvalue weighted by Crippen LogP contribution is -2.21. The number of aromatic nitrogens is 2. The maximum absolute atomic E-state index is 4.61. The third-order valence-corrected chi connectivity index (χ3v) is 3.96. The van der Waals surface area contributed by atoms with Crippen molar-refractivity contribution >= 4 is 5.65 Å². The van der Waals surface area contributed by atoms with Crippen molar-refractivity contribution in [1.82, 2.24) is 14.7 Å². The van der Waals surface area contributed by atoms with E-state index in [-0.39, 0.29) is 0 Å². The fourth-order valence-electron chi connectivity index (χ4n) is 2.78. The fraction of sp³-hybridized carbons (Fsp3) is 0.278. The monoisotopic (exact) mass is 279 g/mol. The first-order valence-corrected chi connectivity index (χ1v) is 7.50. The van der Waals surface area contributed by atoms with Gasteiger partial charge in [0.1, 0.15) is 5.65 Å². The molecule has 0 radical (unpaired) electrons. The van der Waals surface area contributed by atoms with Gasteiger partial charge in [-0.25, -0.2) is 4.98 Å². The molecule has 21 heavy (non-hydrogen) atoms. The zero-order chi connectivity index (χ0) is 14.7. The van der Waals surface area contributed by atoms with E-state index >= 15 is 0 Å². The summed E-state index contributed by atoms with van der Waals surface area (Å²) < 4.78 is 2.17. The van der Waals surface area contributed by atoms with Crippen molar-refractivity contribution in [2.45, 2.75) is 32.9 Å². The molecule has 3 heteroatoms. The molecule has 3 aromatic rings. The number of hydrogen-bond acceptors (Lipinski definition) is 2. The minimum atomic E-state index is 0.375. The van der Waals surface area contributed by atoms with Gasteiger partial charge in [-0.15, -0.1) is 0 Å². The Kier molecular flexibility index (Phi) is 4.02. The third-order valence-electron chi connectivity index (χ3n) is 3.96. The summed E-state index contributed by atoms with van der Waals surface area (Å²) in [6, 6.07) is 17.1. The number of pyridine rings is 1. The molecule has 0 spiro atoms. The van der Waals surface area contributed by atoms with Crippen LogP contribution in [-0.2, 0) is 6.54 Å². The molecule has 2 aromatic heterocycles. The third kappa shape index (κ3) is 2.83. The highest BCUT2D eigenvalue weighted by atomic mass is 15.0. The van der Waals surface area contributed by atoms with Gasteiger partial charge in [0.2, 0.25) is 0 Å². The normalized spacial score (nSPS) is 12.7. The van der Waals surface area contributed by atoms with Crippen molar-refractivity contribution in [2.75, 3.05) is 0 Å². The van der Waals surface area contributed by atoms with E-state index in [4.69, 9.17) is 0 Å². The predicted octanol–water partition coefficient (Wildman–Crippen LogP) is 3.88. The van der Waals surface area contributed by atoms with Gasteiger partial charge in [-0.05, 0) is 31.0 Å². The number of hydrogen-bond donors (Lipinski definition) is 1. The Hall–Kier alpha value is -2.13. The standard InChI is InChI=1S/C18H21N3/c1-3-16(15-9-5-4-6-10-15)19-13-17-14(2)20-18-11-7-8-12-21(17)18/h4-12,16,19H,3,13H2,1-2H3. The molecule has 0 fully saturated rings. The van der Waals surface area contributed by atoms with Crippen molar-refractivity contribution in [2.24, 2.45) is 0 Å². The molecule has 0 aliphatic rings. The van der Waals surface area contributed by atoms with Gasteiger partial charge in [-0.2, -0.15) is 0 Å². The second-order valence-electron chi connectivity index (χ2n) is 5.33. The van der Waals surface area contributed by atoms with Crippen LogP contribution in [0, 0.1) is 6.92 Å². The number of imidazole rings is 1. The first-order valence-electron chi connectivity index (χ1n) is 7.50. The zero-order valence-electron chi connectivity index (χ0n) is 12.6. The molecular weight excluding hydrogens is 258 g/mol. The van der Waals surface area contributed by atoms with Crippen molar-refractivity contribution in [1.29, 1.82) is 0 Å². The average Bonchev–Trinajstić information content (AvgIpc) is 2.85. The number of nitrogens with zero attached hydrogens (tertiary/aromatic N) is 2. The van der Waals surface area contributed by atoms with E-state index < -0.39 is 0 Å². The number of aryl methyl sites for hydroxylation is 1. The van der Waals surface area contributed by atoms with E-state index in [2.05, 4.69) is 65.1 Å². The molecule has 3 nitrogen and oxygen atoms in total. The fourth-order valence-corrected chi connectivity index (χ4v) is 2.78. The lowest BCUT2D eigenvalue weighted by atomic mass is 10.0. The van der Waals surface area contributed by atoms with Gasteiger partial charge in [-0.1, -0.05) is 43.3 Å². The summed E-state index contributed by atoms with van der Waals surface area (Å²) in [6.45, 7) is 5.11. The Morgan fingerprint density at radius 2 is 1.86 bits per heavy atom. The van der Waals surface area contributed by atoms with Gasteiger partial charge >= 0.3 is 0 Å². The van der Waals surface area contributed by atoms with Crippen molar-refractivity contribution in [3.63, 3.8) is 0 Å². The van der Waals surface area contributed by atoms with Crippen LogP contribution in [0.5, 0.6) is 0 Å². The molecule has 2 heterocycles. The summed E-state index contributed by atoms with van der Waals surface area (Å²) in [6.07, 6.45) is 3.15. The van der Waals surface area contributed by atoms with Crippen LogP contribution in [0.15, 0.2) is 54.7 Å². The highest BCUT2D eigenvalue weighted by molar-refractivity contribution is 5.42. The van der Waals surface area contributed by atoms with Crippen LogP contribution in [0.3, 0.4) is 0 Å². The average molecular weight is 279 g/mol. The van der Waals surface area contributed by atoms with Gasteiger partial charge in [0.05, 0.1) is 11.4 Å². The van der Waals surface area contributed by atoms with Gasteiger partial charge < -0.3 is 9.72 Å². The molecule has 1 N–H and O–H groups in total. The maximum atomic E-state index is 4.61. The zero-order valence-corrected chi connectivity index (χ0v) is 12.6. The molecule has 0 amide bonds. The first kappa shape index (κ1) is 13.8. The van der Waals surface area contributed by atoms with E-state index in [9.17, 15) is 0 Å². The van der Waals surface area contributed by atoms with E-state index in [1.54, 1.807) is 0 Å². The maximum Gasteiger partial charge on any atom is 0.137 e. The number of nitrogens with one attached hydrogen (secondary N) is 1.